The molecule has 2 aliphatic carbocycles. The molecule has 0 heterocycles. The molecule has 0 spiro atoms. The lowest BCUT2D eigenvalue weighted by Gasteiger charge is -2.20. The summed E-state index contributed by atoms with van der Waals surface area (Å²) >= 11 is 0. The van der Waals surface area contributed by atoms with E-state index in [9.17, 15) is 0 Å². The second kappa shape index (κ2) is 7.17. The fraction of sp³-hybridized carbons (Fsp3) is 0.524. The van der Waals surface area contributed by atoms with Crippen molar-refractivity contribution >= 4 is 0 Å². The Bertz CT molecular complexity index is 556. The van der Waals surface area contributed by atoms with Gasteiger partial charge in [-0.3, -0.25) is 0 Å². The molecule has 120 valence electrons. The molecule has 2 aliphatic rings. The Kier molecular flexibility index (Phi) is 5.50. The van der Waals surface area contributed by atoms with Crippen LogP contribution in [-0.4, -0.2) is 0 Å². The van der Waals surface area contributed by atoms with E-state index in [1.165, 1.54) is 53.7 Å². The molecule has 22 heavy (non-hydrogen) atoms. The molecular formula is C21H31N. The molecular weight excluding hydrogens is 266 g/mol. The predicted octanol–water partition coefficient (Wildman–Crippen LogP) is 6.04. The third kappa shape index (κ3) is 3.63. The summed E-state index contributed by atoms with van der Waals surface area (Å²) in [4.78, 5) is 0. The number of hydrogen-bond acceptors (Lipinski definition) is 1. The van der Waals surface area contributed by atoms with Crippen molar-refractivity contribution in [3.05, 3.63) is 59.0 Å². The number of hydrogen-bond donors (Lipinski definition) is 1. The van der Waals surface area contributed by atoms with E-state index in [1.54, 1.807) is 0 Å². The third-order valence-corrected chi connectivity index (χ3v) is 4.95. The van der Waals surface area contributed by atoms with Gasteiger partial charge in [-0.25, -0.2) is 0 Å². The van der Waals surface area contributed by atoms with Crippen molar-refractivity contribution in [1.29, 1.82) is 0 Å². The molecule has 2 unspecified atom stereocenters. The van der Waals surface area contributed by atoms with Crippen LogP contribution in [0.3, 0.4) is 0 Å². The van der Waals surface area contributed by atoms with Crippen molar-refractivity contribution in [2.45, 2.75) is 59.8 Å². The minimum Gasteiger partial charge on any atom is -0.363 e. The van der Waals surface area contributed by atoms with Crippen LogP contribution in [0.2, 0.25) is 0 Å². The van der Waals surface area contributed by atoms with Crippen LogP contribution in [-0.2, 0) is 0 Å². The molecule has 0 saturated carbocycles. The number of rotatable bonds is 8. The van der Waals surface area contributed by atoms with Gasteiger partial charge in [0.1, 0.15) is 0 Å². The maximum absolute atomic E-state index is 4.25. The van der Waals surface area contributed by atoms with E-state index in [-0.39, 0.29) is 0 Å². The summed E-state index contributed by atoms with van der Waals surface area (Å²) < 4.78 is 0. The fourth-order valence-electron chi connectivity index (χ4n) is 3.48. The molecule has 1 nitrogen and oxygen atoms in total. The van der Waals surface area contributed by atoms with E-state index >= 15 is 0 Å². The van der Waals surface area contributed by atoms with Gasteiger partial charge in [-0.2, -0.15) is 0 Å². The summed E-state index contributed by atoms with van der Waals surface area (Å²) in [5.41, 5.74) is 7.91. The average molecular weight is 297 g/mol. The van der Waals surface area contributed by atoms with E-state index in [1.807, 2.05) is 0 Å². The smallest absolute Gasteiger partial charge is 0.0123 e. The Balaban J connectivity index is 2.05. The summed E-state index contributed by atoms with van der Waals surface area (Å²) in [5, 5.41) is 3.52. The Morgan fingerprint density at radius 1 is 1.41 bits per heavy atom. The molecule has 0 aromatic heterocycles. The fourth-order valence-corrected chi connectivity index (χ4v) is 3.48. The average Bonchev–Trinajstić information content (AvgIpc) is 3.15. The van der Waals surface area contributed by atoms with Crippen molar-refractivity contribution in [3.63, 3.8) is 0 Å². The van der Waals surface area contributed by atoms with Crippen LogP contribution in [0.25, 0.3) is 0 Å². The highest BCUT2D eigenvalue weighted by atomic mass is 14.9. The molecule has 2 atom stereocenters. The summed E-state index contributed by atoms with van der Waals surface area (Å²) in [6.45, 7) is 17.3. The van der Waals surface area contributed by atoms with Crippen molar-refractivity contribution in [2.75, 3.05) is 0 Å². The van der Waals surface area contributed by atoms with Gasteiger partial charge in [0.2, 0.25) is 0 Å². The normalized spacial score (nSPS) is 22.2. The van der Waals surface area contributed by atoms with Crippen LogP contribution < -0.4 is 5.32 Å². The molecule has 0 bridgehead atoms. The minimum absolute atomic E-state index is 0.572. The lowest BCUT2D eigenvalue weighted by atomic mass is 9.93. The first-order valence-electron chi connectivity index (χ1n) is 8.80. The third-order valence-electron chi connectivity index (χ3n) is 4.95. The molecule has 0 amide bonds. The molecule has 0 fully saturated rings. The zero-order valence-corrected chi connectivity index (χ0v) is 14.8. The quantitative estimate of drug-likeness (QED) is 0.575. The first kappa shape index (κ1) is 16.9. The molecule has 0 aromatic rings. The van der Waals surface area contributed by atoms with Gasteiger partial charge in [-0.05, 0) is 72.8 Å². The Morgan fingerprint density at radius 2 is 2.14 bits per heavy atom. The van der Waals surface area contributed by atoms with Crippen LogP contribution in [0.1, 0.15) is 59.8 Å². The van der Waals surface area contributed by atoms with Crippen LogP contribution in [0.4, 0.5) is 0 Å². The maximum Gasteiger partial charge on any atom is 0.0123 e. The van der Waals surface area contributed by atoms with Crippen molar-refractivity contribution in [1.82, 2.24) is 5.32 Å². The highest BCUT2D eigenvalue weighted by Gasteiger charge is 2.34. The molecule has 0 radical (unpaired) electrons. The molecule has 0 aliphatic heterocycles. The molecule has 0 aromatic carbocycles. The Morgan fingerprint density at radius 3 is 2.73 bits per heavy atom. The maximum atomic E-state index is 4.25. The van der Waals surface area contributed by atoms with Crippen molar-refractivity contribution in [2.24, 2.45) is 11.8 Å². The lowest BCUT2D eigenvalue weighted by molar-refractivity contribution is 0.512. The van der Waals surface area contributed by atoms with Gasteiger partial charge < -0.3 is 5.32 Å². The van der Waals surface area contributed by atoms with Gasteiger partial charge in [0.05, 0.1) is 0 Å². The van der Waals surface area contributed by atoms with Gasteiger partial charge in [0.25, 0.3) is 0 Å². The van der Waals surface area contributed by atoms with E-state index in [0.29, 0.717) is 11.8 Å². The standard InChI is InChI=1S/C21H31N/c1-7-10-18(9-3)16(6)22-14(4)11-19-12-17(8-2)13-20-15(5)21(19)20/h11-12,17-18,22H,5-10,13H2,1-4H3/b14-11+. The second-order valence-electron chi connectivity index (χ2n) is 6.70. The van der Waals surface area contributed by atoms with Crippen LogP contribution in [0.5, 0.6) is 0 Å². The van der Waals surface area contributed by atoms with Crippen LogP contribution in [0.15, 0.2) is 59.0 Å². The van der Waals surface area contributed by atoms with Gasteiger partial charge in [0, 0.05) is 11.4 Å². The first-order valence-corrected chi connectivity index (χ1v) is 8.80. The van der Waals surface area contributed by atoms with Gasteiger partial charge in [0.15, 0.2) is 0 Å². The SMILES string of the molecule is C=C1C2=C1C(/C=C(\C)NC(=C)C(CC)CCC)=CC(CC)C2. The number of allylic oxidation sites excluding steroid dienone is 8. The molecule has 1 heteroatoms. The molecule has 2 rings (SSSR count). The largest absolute Gasteiger partial charge is 0.363 e. The topological polar surface area (TPSA) is 12.0 Å². The highest BCUT2D eigenvalue weighted by molar-refractivity contribution is 5.77. The van der Waals surface area contributed by atoms with Crippen molar-refractivity contribution < 1.29 is 0 Å². The van der Waals surface area contributed by atoms with Crippen LogP contribution >= 0.6 is 0 Å². The number of nitrogens with one attached hydrogen (secondary N) is 1. The lowest BCUT2D eigenvalue weighted by Crippen LogP contribution is -2.17. The zero-order valence-electron chi connectivity index (χ0n) is 14.8. The second-order valence-corrected chi connectivity index (χ2v) is 6.70. The summed E-state index contributed by atoms with van der Waals surface area (Å²) in [6, 6.07) is 0. The zero-order chi connectivity index (χ0) is 16.3. The predicted molar refractivity (Wildman–Crippen MR) is 97.4 cm³/mol. The van der Waals surface area contributed by atoms with E-state index in [4.69, 9.17) is 0 Å². The molecule has 1 N–H and O–H groups in total. The van der Waals surface area contributed by atoms with E-state index in [0.717, 1.165) is 12.1 Å². The highest BCUT2D eigenvalue weighted by Crippen LogP contribution is 2.50. The Hall–Kier alpha value is -1.50. The van der Waals surface area contributed by atoms with Gasteiger partial charge >= 0.3 is 0 Å². The van der Waals surface area contributed by atoms with Crippen LogP contribution in [0, 0.1) is 11.8 Å². The summed E-state index contributed by atoms with van der Waals surface area (Å²) in [6.07, 6.45) is 10.7. The van der Waals surface area contributed by atoms with E-state index < -0.39 is 0 Å². The van der Waals surface area contributed by atoms with Crippen molar-refractivity contribution in [3.8, 4) is 0 Å². The molecule has 0 saturated heterocycles. The Labute approximate surface area is 136 Å². The van der Waals surface area contributed by atoms with E-state index in [2.05, 4.69) is 58.3 Å². The summed E-state index contributed by atoms with van der Waals surface area (Å²) in [7, 11) is 0. The minimum atomic E-state index is 0.572. The first-order chi connectivity index (χ1) is 10.5. The van der Waals surface area contributed by atoms with Gasteiger partial charge in [-0.1, -0.05) is 46.4 Å². The monoisotopic (exact) mass is 297 g/mol. The van der Waals surface area contributed by atoms with Gasteiger partial charge in [-0.15, -0.1) is 0 Å². The summed E-state index contributed by atoms with van der Waals surface area (Å²) in [5.74, 6) is 1.24.